The molecular weight excluding hydrogens is 489 g/mol. The fraction of sp³-hybridized carbons (Fsp3) is 0.538. The maximum absolute atomic E-state index is 12.4. The maximum atomic E-state index is 12.4. The van der Waals surface area contributed by atoms with Crippen molar-refractivity contribution < 1.29 is 9.53 Å². The molecule has 1 aromatic carbocycles. The van der Waals surface area contributed by atoms with Crippen LogP contribution in [0.15, 0.2) is 24.4 Å². The average Bonchev–Trinajstić information content (AvgIpc) is 3.68. The number of nitriles is 1. The van der Waals surface area contributed by atoms with Gasteiger partial charge in [0.15, 0.2) is 0 Å². The summed E-state index contributed by atoms with van der Waals surface area (Å²) >= 11 is 2.31. The van der Waals surface area contributed by atoms with Crippen molar-refractivity contribution in [1.29, 1.82) is 5.26 Å². The summed E-state index contributed by atoms with van der Waals surface area (Å²) < 4.78 is 5.07. The predicted octanol–water partition coefficient (Wildman–Crippen LogP) is 4.49. The quantitative estimate of drug-likeness (QED) is 0.502. The van der Waals surface area contributed by atoms with Crippen LogP contribution in [-0.4, -0.2) is 68.9 Å². The first kappa shape index (κ1) is 24.7. The first-order valence-electron chi connectivity index (χ1n) is 12.2. The molecule has 2 aromatic heterocycles. The third kappa shape index (κ3) is 5.79. The third-order valence-corrected chi connectivity index (χ3v) is 6.59. The largest absolute Gasteiger partial charge is 0.342 e. The van der Waals surface area contributed by atoms with Gasteiger partial charge in [-0.05, 0) is 63.1 Å². The van der Waals surface area contributed by atoms with Crippen LogP contribution in [0.3, 0.4) is 0 Å². The van der Waals surface area contributed by atoms with Crippen LogP contribution in [0.25, 0.3) is 21.9 Å². The van der Waals surface area contributed by atoms with Crippen LogP contribution in [0, 0.1) is 17.2 Å². The van der Waals surface area contributed by atoms with Gasteiger partial charge in [-0.1, -0.05) is 0 Å². The number of piperidine rings is 1. The minimum atomic E-state index is 0.230. The van der Waals surface area contributed by atoms with E-state index in [1.165, 1.54) is 19.3 Å². The molecule has 1 unspecified atom stereocenters. The molecule has 7 nitrogen and oxygen atoms in total. The molecule has 8 heteroatoms. The van der Waals surface area contributed by atoms with Gasteiger partial charge in [-0.3, -0.25) is 9.78 Å². The minimum Gasteiger partial charge on any atom is -0.342 e. The number of ether oxygens (including phenoxy) is 1. The number of aromatic nitrogens is 3. The Morgan fingerprint density at radius 1 is 1.18 bits per heavy atom. The molecule has 2 saturated heterocycles. The second-order valence-corrected chi connectivity index (χ2v) is 9.06. The van der Waals surface area contributed by atoms with E-state index in [1.54, 1.807) is 12.3 Å². The number of aromatic amines is 1. The van der Waals surface area contributed by atoms with Crippen LogP contribution < -0.4 is 0 Å². The molecule has 2 radical (unpaired) electrons. The minimum absolute atomic E-state index is 0.230. The number of rotatable bonds is 2. The number of H-pyrrole nitrogens is 1. The normalized spacial score (nSPS) is 20.0. The maximum Gasteiger partial charge on any atom is 0.225 e. The van der Waals surface area contributed by atoms with Crippen LogP contribution in [-0.2, 0) is 9.53 Å². The number of fused-ring (bicyclic) bond motifs is 3. The van der Waals surface area contributed by atoms with Gasteiger partial charge in [0.2, 0.25) is 5.91 Å². The molecule has 1 saturated carbocycles. The van der Waals surface area contributed by atoms with Gasteiger partial charge in [-0.25, -0.2) is 4.98 Å². The molecule has 3 aliphatic rings. The van der Waals surface area contributed by atoms with Crippen molar-refractivity contribution in [2.24, 2.45) is 5.92 Å². The van der Waals surface area contributed by atoms with Crippen LogP contribution in [0.5, 0.6) is 0 Å². The topological polar surface area (TPSA) is 94.9 Å². The molecule has 0 bridgehead atoms. The van der Waals surface area contributed by atoms with Crippen molar-refractivity contribution in [3.05, 3.63) is 35.8 Å². The van der Waals surface area contributed by atoms with Gasteiger partial charge in [0, 0.05) is 43.5 Å². The summed E-state index contributed by atoms with van der Waals surface area (Å²) in [6, 6.07) is 7.66. The second-order valence-electron chi connectivity index (χ2n) is 9.06. The van der Waals surface area contributed by atoms with Crippen LogP contribution in [0.4, 0.5) is 0 Å². The summed E-state index contributed by atoms with van der Waals surface area (Å²) in [5.41, 5.74) is 5.12. The smallest absolute Gasteiger partial charge is 0.225 e. The molecule has 1 N–H and O–H groups in total. The average molecular weight is 521 g/mol. The van der Waals surface area contributed by atoms with Crippen molar-refractivity contribution in [2.75, 3.05) is 26.3 Å². The summed E-state index contributed by atoms with van der Waals surface area (Å²) in [6.07, 6.45) is 9.87. The molecule has 4 heterocycles. The zero-order chi connectivity index (χ0) is 23.9. The van der Waals surface area contributed by atoms with Gasteiger partial charge in [-0.2, -0.15) is 5.26 Å². The number of pyridine rings is 1. The number of hydrogen-bond acceptors (Lipinski definition) is 5. The summed E-state index contributed by atoms with van der Waals surface area (Å²) in [6.45, 7) is 3.60. The van der Waals surface area contributed by atoms with Gasteiger partial charge in [0.1, 0.15) is 5.82 Å². The fourth-order valence-electron chi connectivity index (χ4n) is 4.62. The van der Waals surface area contributed by atoms with Crippen molar-refractivity contribution in [1.82, 2.24) is 19.9 Å². The Morgan fingerprint density at radius 3 is 2.62 bits per heavy atom. The molecule has 34 heavy (non-hydrogen) atoms. The zero-order valence-electron chi connectivity index (χ0n) is 19.8. The monoisotopic (exact) mass is 521 g/mol. The van der Waals surface area contributed by atoms with E-state index < -0.39 is 0 Å². The van der Waals surface area contributed by atoms with Gasteiger partial charge in [-0.15, -0.1) is 0 Å². The van der Waals surface area contributed by atoms with Crippen LogP contribution >= 0.6 is 0 Å². The van der Waals surface area contributed by atoms with E-state index in [0.717, 1.165) is 79.7 Å². The van der Waals surface area contributed by atoms with Crippen molar-refractivity contribution in [2.45, 2.75) is 56.6 Å². The Hall–Kier alpha value is -2.42. The van der Waals surface area contributed by atoms with E-state index in [4.69, 9.17) is 9.72 Å². The molecule has 0 spiro atoms. The first-order chi connectivity index (χ1) is 16.7. The summed E-state index contributed by atoms with van der Waals surface area (Å²) in [7, 11) is 0. The van der Waals surface area contributed by atoms with E-state index in [-0.39, 0.29) is 11.8 Å². The molecule has 6 rings (SSSR count). The van der Waals surface area contributed by atoms with E-state index in [9.17, 15) is 10.1 Å². The fourth-order valence-corrected chi connectivity index (χ4v) is 4.62. The Morgan fingerprint density at radius 2 is 1.97 bits per heavy atom. The number of hydrogen-bond donors (Lipinski definition) is 1. The molecule has 2 aliphatic heterocycles. The molecular formula is C26H32AsN5O2. The van der Waals surface area contributed by atoms with Gasteiger partial charge >= 0.3 is 22.6 Å². The van der Waals surface area contributed by atoms with Crippen LogP contribution in [0.1, 0.15) is 62.3 Å². The number of carbonyl (C=O) groups is 1. The van der Waals surface area contributed by atoms with Crippen molar-refractivity contribution >= 4 is 44.7 Å². The number of imidazole rings is 1. The SMILES string of the molecule is C1CCOCC1.C[As].N#Cc1ccc2ncc3[nH]c(C4CCCN(C(=O)C5CC5)C4)nc3c2c1. The van der Waals surface area contributed by atoms with E-state index >= 15 is 0 Å². The molecule has 1 aliphatic carbocycles. The summed E-state index contributed by atoms with van der Waals surface area (Å²) in [5.74, 6) is 1.73. The third-order valence-electron chi connectivity index (χ3n) is 6.59. The van der Waals surface area contributed by atoms with Crippen molar-refractivity contribution in [3.63, 3.8) is 0 Å². The Bertz CT molecular complexity index is 1150. The number of nitrogens with one attached hydrogen (secondary N) is 1. The number of benzene rings is 1. The Balaban J connectivity index is 0.000000296. The number of amides is 1. The molecule has 3 aromatic rings. The zero-order valence-corrected chi connectivity index (χ0v) is 21.7. The standard InChI is InChI=1S/C20H19N5O.C5H10O.CH3As/c21-9-12-3-6-16-15(8-12)18-17(10-22-16)23-19(24-18)14-2-1-7-25(11-14)20(26)13-4-5-13;1-2-4-6-5-3-1;1-2/h3,6,8,10,13-14H,1-2,4-5,7,11H2,(H,23,24);1-5H2;1H3. The van der Waals surface area contributed by atoms with E-state index in [2.05, 4.69) is 32.9 Å². The number of likely N-dealkylation sites (tertiary alicyclic amines) is 1. The van der Waals surface area contributed by atoms with E-state index in [0.29, 0.717) is 11.5 Å². The second kappa shape index (κ2) is 11.8. The van der Waals surface area contributed by atoms with E-state index in [1.807, 2.05) is 22.7 Å². The molecule has 1 amide bonds. The van der Waals surface area contributed by atoms with Gasteiger partial charge in [0.25, 0.3) is 0 Å². The Labute approximate surface area is 209 Å². The number of nitrogens with zero attached hydrogens (tertiary/aromatic N) is 4. The van der Waals surface area contributed by atoms with Crippen molar-refractivity contribution in [3.8, 4) is 6.07 Å². The predicted molar refractivity (Wildman–Crippen MR) is 134 cm³/mol. The first-order valence-corrected chi connectivity index (χ1v) is 14.1. The van der Waals surface area contributed by atoms with Gasteiger partial charge < -0.3 is 14.6 Å². The number of carbonyl (C=O) groups excluding carboxylic acids is 1. The van der Waals surface area contributed by atoms with Gasteiger partial charge in [0.05, 0.1) is 34.4 Å². The molecule has 3 fully saturated rings. The summed E-state index contributed by atoms with van der Waals surface area (Å²) in [4.78, 5) is 27.2. The molecule has 1 atom stereocenters. The molecule has 178 valence electrons. The summed E-state index contributed by atoms with van der Waals surface area (Å²) in [5, 5.41) is 10.1. The Kier molecular flexibility index (Phi) is 8.58. The van der Waals surface area contributed by atoms with Crippen LogP contribution in [0.2, 0.25) is 5.71 Å².